The van der Waals surface area contributed by atoms with E-state index in [4.69, 9.17) is 0 Å². The van der Waals surface area contributed by atoms with Crippen molar-refractivity contribution in [2.75, 3.05) is 7.05 Å². The number of hydrogen-bond donors (Lipinski definition) is 0. The monoisotopic (exact) mass is 219 g/mol. The summed E-state index contributed by atoms with van der Waals surface area (Å²) in [5, 5.41) is 0. The second kappa shape index (κ2) is 6.21. The van der Waals surface area contributed by atoms with Crippen LogP contribution < -0.4 is 0 Å². The minimum Gasteiger partial charge on any atom is -0.293 e. The molecule has 0 aromatic heterocycles. The van der Waals surface area contributed by atoms with Gasteiger partial charge in [-0.05, 0) is 42.7 Å². The molecule has 0 unspecified atom stereocenters. The first kappa shape index (κ1) is 12.6. The van der Waals surface area contributed by atoms with Crippen molar-refractivity contribution in [3.63, 3.8) is 0 Å². The average molecular weight is 219 g/mol. The topological polar surface area (TPSA) is 12.4 Å². The second-order valence-corrected chi connectivity index (χ2v) is 3.79. The molecule has 0 atom stereocenters. The van der Waals surface area contributed by atoms with Gasteiger partial charge in [-0.3, -0.25) is 4.99 Å². The Balaban J connectivity index is 3.02. The van der Waals surface area contributed by atoms with E-state index in [1.54, 1.807) is 7.05 Å². The summed E-state index contributed by atoms with van der Waals surface area (Å²) < 4.78 is 12.8. The van der Waals surface area contributed by atoms with Crippen LogP contribution in [-0.2, 0) is 0 Å². The number of benzene rings is 1. The minimum atomic E-state index is -0.194. The Morgan fingerprint density at radius 1 is 1.31 bits per heavy atom. The lowest BCUT2D eigenvalue weighted by Crippen LogP contribution is -1.91. The van der Waals surface area contributed by atoms with Crippen LogP contribution in [-0.4, -0.2) is 12.8 Å². The number of hydrogen-bond acceptors (Lipinski definition) is 1. The summed E-state index contributed by atoms with van der Waals surface area (Å²) in [5.74, 6) is -0.194. The molecule has 1 aromatic carbocycles. The van der Waals surface area contributed by atoms with Crippen LogP contribution in [0.5, 0.6) is 0 Å². The zero-order valence-corrected chi connectivity index (χ0v) is 10.1. The Hall–Kier alpha value is -1.44. The Kier molecular flexibility index (Phi) is 4.90. The molecule has 0 spiro atoms. The van der Waals surface area contributed by atoms with Crippen molar-refractivity contribution in [1.82, 2.24) is 0 Å². The molecule has 0 bridgehead atoms. The lowest BCUT2D eigenvalue weighted by Gasteiger charge is -2.06. The Morgan fingerprint density at radius 3 is 2.44 bits per heavy atom. The molecule has 0 aliphatic carbocycles. The first-order valence-electron chi connectivity index (χ1n) is 5.57. The third-order valence-corrected chi connectivity index (χ3v) is 2.47. The van der Waals surface area contributed by atoms with Crippen LogP contribution in [0.3, 0.4) is 0 Å². The van der Waals surface area contributed by atoms with Gasteiger partial charge in [-0.15, -0.1) is 0 Å². The molecule has 0 amide bonds. The van der Waals surface area contributed by atoms with Crippen molar-refractivity contribution in [2.24, 2.45) is 4.99 Å². The van der Waals surface area contributed by atoms with Crippen molar-refractivity contribution in [3.8, 4) is 0 Å². The fourth-order valence-corrected chi connectivity index (χ4v) is 1.55. The third-order valence-electron chi connectivity index (χ3n) is 2.47. The highest BCUT2D eigenvalue weighted by Gasteiger charge is 2.01. The summed E-state index contributed by atoms with van der Waals surface area (Å²) in [6.45, 7) is 4.11. The Bertz CT molecular complexity index is 388. The maximum atomic E-state index is 12.8. The first-order valence-corrected chi connectivity index (χ1v) is 5.57. The van der Waals surface area contributed by atoms with Crippen molar-refractivity contribution in [1.29, 1.82) is 0 Å². The van der Waals surface area contributed by atoms with Crippen LogP contribution in [0.25, 0.3) is 5.57 Å². The number of aliphatic imine (C=N–C) groups is 1. The molecule has 16 heavy (non-hydrogen) atoms. The smallest absolute Gasteiger partial charge is 0.123 e. The quantitative estimate of drug-likeness (QED) is 0.676. The van der Waals surface area contributed by atoms with E-state index >= 15 is 0 Å². The molecule has 86 valence electrons. The van der Waals surface area contributed by atoms with Gasteiger partial charge in [0.2, 0.25) is 0 Å². The molecule has 0 heterocycles. The van der Waals surface area contributed by atoms with Gasteiger partial charge in [-0.1, -0.05) is 25.5 Å². The van der Waals surface area contributed by atoms with Crippen LogP contribution in [0.2, 0.25) is 0 Å². The molecular formula is C14H18FN. The molecule has 0 fully saturated rings. The largest absolute Gasteiger partial charge is 0.293 e. The highest BCUT2D eigenvalue weighted by Crippen LogP contribution is 2.20. The molecule has 1 nitrogen and oxygen atoms in total. The maximum Gasteiger partial charge on any atom is 0.123 e. The van der Waals surface area contributed by atoms with Gasteiger partial charge in [-0.2, -0.15) is 0 Å². The van der Waals surface area contributed by atoms with Crippen LogP contribution >= 0.6 is 0 Å². The van der Waals surface area contributed by atoms with Gasteiger partial charge >= 0.3 is 0 Å². The Labute approximate surface area is 96.7 Å². The van der Waals surface area contributed by atoms with Gasteiger partial charge < -0.3 is 0 Å². The summed E-state index contributed by atoms with van der Waals surface area (Å²) in [7, 11) is 1.78. The number of halogens is 1. The normalized spacial score (nSPS) is 13.0. The lowest BCUT2D eigenvalue weighted by atomic mass is 10.00. The van der Waals surface area contributed by atoms with Crippen molar-refractivity contribution in [3.05, 3.63) is 41.7 Å². The molecule has 0 aliphatic heterocycles. The zero-order valence-electron chi connectivity index (χ0n) is 10.1. The molecular weight excluding hydrogens is 201 g/mol. The van der Waals surface area contributed by atoms with E-state index in [1.165, 1.54) is 17.7 Å². The van der Waals surface area contributed by atoms with Gasteiger partial charge in [0.1, 0.15) is 5.82 Å². The second-order valence-electron chi connectivity index (χ2n) is 3.79. The van der Waals surface area contributed by atoms with Gasteiger partial charge in [0.15, 0.2) is 0 Å². The van der Waals surface area contributed by atoms with E-state index in [2.05, 4.69) is 18.0 Å². The zero-order chi connectivity index (χ0) is 12.0. The van der Waals surface area contributed by atoms with E-state index in [9.17, 15) is 4.39 Å². The maximum absolute atomic E-state index is 12.8. The summed E-state index contributed by atoms with van der Waals surface area (Å²) in [4.78, 5) is 4.12. The fraction of sp³-hybridized carbons (Fsp3) is 0.357. The van der Waals surface area contributed by atoms with E-state index < -0.39 is 0 Å². The van der Waals surface area contributed by atoms with Crippen LogP contribution in [0.4, 0.5) is 4.39 Å². The molecule has 1 rings (SSSR count). The Morgan fingerprint density at radius 2 is 1.94 bits per heavy atom. The third kappa shape index (κ3) is 3.61. The molecule has 0 saturated carbocycles. The molecule has 0 aliphatic rings. The predicted molar refractivity (Wildman–Crippen MR) is 68.3 cm³/mol. The highest BCUT2D eigenvalue weighted by atomic mass is 19.1. The number of allylic oxidation sites excluding steroid dienone is 2. The van der Waals surface area contributed by atoms with E-state index in [-0.39, 0.29) is 5.82 Å². The van der Waals surface area contributed by atoms with Gasteiger partial charge in [0, 0.05) is 12.8 Å². The summed E-state index contributed by atoms with van der Waals surface area (Å²) in [6, 6.07) is 6.63. The summed E-state index contributed by atoms with van der Waals surface area (Å²) in [5.41, 5.74) is 3.28. The standard InChI is InChI=1S/C14H18FN/c1-4-5-13(10-11(2)16-3)12-6-8-14(15)9-7-12/h6-10H,4-5H2,1-3H3/b13-10-,16-11?. The van der Waals surface area contributed by atoms with Gasteiger partial charge in [0.25, 0.3) is 0 Å². The van der Waals surface area contributed by atoms with Crippen LogP contribution in [0.1, 0.15) is 32.3 Å². The van der Waals surface area contributed by atoms with E-state index in [1.807, 2.05) is 19.1 Å². The molecule has 0 radical (unpaired) electrons. The lowest BCUT2D eigenvalue weighted by molar-refractivity contribution is 0.627. The van der Waals surface area contributed by atoms with Crippen LogP contribution in [0.15, 0.2) is 35.3 Å². The molecule has 1 aromatic rings. The van der Waals surface area contributed by atoms with Crippen LogP contribution in [0, 0.1) is 5.82 Å². The fourth-order valence-electron chi connectivity index (χ4n) is 1.55. The highest BCUT2D eigenvalue weighted by molar-refractivity contribution is 5.99. The molecule has 0 saturated heterocycles. The van der Waals surface area contributed by atoms with E-state index in [0.29, 0.717) is 0 Å². The minimum absolute atomic E-state index is 0.194. The molecule has 2 heteroatoms. The summed E-state index contributed by atoms with van der Waals surface area (Å²) >= 11 is 0. The number of nitrogens with zero attached hydrogens (tertiary/aromatic N) is 1. The molecule has 0 N–H and O–H groups in total. The van der Waals surface area contributed by atoms with Crippen molar-refractivity contribution in [2.45, 2.75) is 26.7 Å². The summed E-state index contributed by atoms with van der Waals surface area (Å²) in [6.07, 6.45) is 4.12. The number of rotatable bonds is 4. The van der Waals surface area contributed by atoms with E-state index in [0.717, 1.165) is 24.1 Å². The average Bonchev–Trinajstić information content (AvgIpc) is 2.29. The predicted octanol–water partition coefficient (Wildman–Crippen LogP) is 4.10. The first-order chi connectivity index (χ1) is 7.67. The van der Waals surface area contributed by atoms with Gasteiger partial charge in [-0.25, -0.2) is 4.39 Å². The SMILES string of the molecule is CCC/C(=C/C(C)=NC)c1ccc(F)cc1. The van der Waals surface area contributed by atoms with Crippen molar-refractivity contribution >= 4 is 11.3 Å². The van der Waals surface area contributed by atoms with Gasteiger partial charge in [0.05, 0.1) is 0 Å². The van der Waals surface area contributed by atoms with Crippen molar-refractivity contribution < 1.29 is 4.39 Å².